The van der Waals surface area contributed by atoms with E-state index in [1.165, 1.54) is 17.0 Å². The summed E-state index contributed by atoms with van der Waals surface area (Å²) >= 11 is 0. The van der Waals surface area contributed by atoms with Gasteiger partial charge in [-0.25, -0.2) is 0 Å². The molecule has 9 heteroatoms. The van der Waals surface area contributed by atoms with Gasteiger partial charge in [-0.05, 0) is 51.0 Å². The Morgan fingerprint density at radius 3 is 2.39 bits per heavy atom. The number of allylic oxidation sites excluding steroid dienone is 5. The van der Waals surface area contributed by atoms with E-state index in [9.17, 15) is 31.4 Å². The first kappa shape index (κ1) is 26.6. The molecule has 1 unspecified atom stereocenters. The number of hydrogen-bond donors (Lipinski definition) is 1. The Hall–Kier alpha value is -2.42. The largest absolute Gasteiger partial charge is 0.457 e. The number of rotatable bonds is 11. The highest BCUT2D eigenvalue weighted by molar-refractivity contribution is 5.51. The number of aliphatic hydroxyl groups is 1. The Morgan fingerprint density at radius 2 is 1.81 bits per heavy atom. The Kier molecular flexibility index (Phi) is 10.7. The van der Waals surface area contributed by atoms with Crippen molar-refractivity contribution in [1.29, 1.82) is 0 Å². The lowest BCUT2D eigenvalue weighted by Gasteiger charge is -2.28. The molecule has 174 valence electrons. The third kappa shape index (κ3) is 11.0. The molecule has 1 atom stereocenters. The number of ether oxygens (including phenoxy) is 1. The van der Waals surface area contributed by atoms with Crippen molar-refractivity contribution in [2.45, 2.75) is 51.6 Å². The SMILES string of the molecule is C\C=C/C=C(\C=C/C)Oc1cccc(N(CCCCC(F)(F)F)CC(O)C(F)(F)F)c1. The minimum Gasteiger partial charge on any atom is -0.457 e. The summed E-state index contributed by atoms with van der Waals surface area (Å²) in [5.41, 5.74) is 0.304. The first-order chi connectivity index (χ1) is 14.5. The molecule has 0 amide bonds. The van der Waals surface area contributed by atoms with Crippen LogP contribution in [0.25, 0.3) is 0 Å². The summed E-state index contributed by atoms with van der Waals surface area (Å²) in [5, 5.41) is 9.48. The monoisotopic (exact) mass is 451 g/mol. The number of alkyl halides is 6. The lowest BCUT2D eigenvalue weighted by molar-refractivity contribution is -0.200. The molecule has 0 aromatic heterocycles. The molecule has 0 heterocycles. The second-order valence-electron chi connectivity index (χ2n) is 6.77. The van der Waals surface area contributed by atoms with E-state index in [1.54, 1.807) is 49.4 Å². The van der Waals surface area contributed by atoms with Crippen LogP contribution < -0.4 is 9.64 Å². The van der Waals surface area contributed by atoms with E-state index >= 15 is 0 Å². The molecule has 1 N–H and O–H groups in total. The molecule has 0 saturated carbocycles. The highest BCUT2D eigenvalue weighted by Crippen LogP contribution is 2.28. The molecule has 0 saturated heterocycles. The van der Waals surface area contributed by atoms with Crippen LogP contribution in [0.15, 0.2) is 60.4 Å². The van der Waals surface area contributed by atoms with Crippen molar-refractivity contribution in [1.82, 2.24) is 0 Å². The van der Waals surface area contributed by atoms with Crippen molar-refractivity contribution in [2.24, 2.45) is 0 Å². The van der Waals surface area contributed by atoms with Gasteiger partial charge in [-0.15, -0.1) is 0 Å². The van der Waals surface area contributed by atoms with E-state index in [-0.39, 0.29) is 19.4 Å². The van der Waals surface area contributed by atoms with Crippen molar-refractivity contribution >= 4 is 5.69 Å². The van der Waals surface area contributed by atoms with E-state index in [4.69, 9.17) is 4.74 Å². The molecular weight excluding hydrogens is 424 g/mol. The lowest BCUT2D eigenvalue weighted by Crippen LogP contribution is -2.41. The summed E-state index contributed by atoms with van der Waals surface area (Å²) < 4.78 is 81.4. The minimum atomic E-state index is -4.84. The molecule has 3 nitrogen and oxygen atoms in total. The Labute approximate surface area is 178 Å². The molecule has 0 spiro atoms. The fourth-order valence-electron chi connectivity index (χ4n) is 2.62. The fraction of sp³-hybridized carbons (Fsp3) is 0.455. The van der Waals surface area contributed by atoms with Gasteiger partial charge in [-0.3, -0.25) is 0 Å². The molecule has 1 rings (SSSR count). The van der Waals surface area contributed by atoms with Crippen molar-refractivity contribution in [3.63, 3.8) is 0 Å². The number of aliphatic hydroxyl groups excluding tert-OH is 1. The average molecular weight is 451 g/mol. The maximum absolute atomic E-state index is 12.9. The van der Waals surface area contributed by atoms with Crippen LogP contribution in [0.2, 0.25) is 0 Å². The van der Waals surface area contributed by atoms with Crippen LogP contribution >= 0.6 is 0 Å². The quantitative estimate of drug-likeness (QED) is 0.179. The van der Waals surface area contributed by atoms with Crippen LogP contribution in [-0.2, 0) is 0 Å². The highest BCUT2D eigenvalue weighted by Gasteiger charge is 2.39. The van der Waals surface area contributed by atoms with Gasteiger partial charge < -0.3 is 14.7 Å². The van der Waals surface area contributed by atoms with Gasteiger partial charge >= 0.3 is 12.4 Å². The first-order valence-electron chi connectivity index (χ1n) is 9.76. The van der Waals surface area contributed by atoms with E-state index in [1.807, 2.05) is 6.92 Å². The third-order valence-electron chi connectivity index (χ3n) is 4.11. The molecule has 0 radical (unpaired) electrons. The number of hydrogen-bond acceptors (Lipinski definition) is 3. The molecule has 1 aromatic rings. The Balaban J connectivity index is 3.03. The number of halogens is 6. The molecule has 0 aliphatic rings. The Morgan fingerprint density at radius 1 is 1.10 bits per heavy atom. The van der Waals surface area contributed by atoms with Crippen LogP contribution in [-0.4, -0.2) is 36.7 Å². The predicted octanol–water partition coefficient (Wildman–Crippen LogP) is 6.56. The maximum Gasteiger partial charge on any atom is 0.416 e. The van der Waals surface area contributed by atoms with Crippen LogP contribution in [0.1, 0.15) is 33.1 Å². The fourth-order valence-corrected chi connectivity index (χ4v) is 2.62. The summed E-state index contributed by atoms with van der Waals surface area (Å²) in [4.78, 5) is 1.21. The summed E-state index contributed by atoms with van der Waals surface area (Å²) in [5.74, 6) is 0.831. The van der Waals surface area contributed by atoms with Gasteiger partial charge in [0.2, 0.25) is 0 Å². The zero-order chi connectivity index (χ0) is 23.5. The van der Waals surface area contributed by atoms with E-state index in [0.717, 1.165) is 0 Å². The smallest absolute Gasteiger partial charge is 0.416 e. The van der Waals surface area contributed by atoms with E-state index in [0.29, 0.717) is 17.2 Å². The average Bonchev–Trinajstić information content (AvgIpc) is 2.67. The van der Waals surface area contributed by atoms with Gasteiger partial charge in [-0.2, -0.15) is 26.3 Å². The van der Waals surface area contributed by atoms with Crippen LogP contribution in [0, 0.1) is 0 Å². The second kappa shape index (κ2) is 12.4. The van der Waals surface area contributed by atoms with Crippen molar-refractivity contribution in [3.05, 3.63) is 60.4 Å². The van der Waals surface area contributed by atoms with E-state index in [2.05, 4.69) is 0 Å². The van der Waals surface area contributed by atoms with Gasteiger partial charge in [0.25, 0.3) is 0 Å². The van der Waals surface area contributed by atoms with Crippen molar-refractivity contribution in [2.75, 3.05) is 18.0 Å². The molecule has 0 aliphatic heterocycles. The van der Waals surface area contributed by atoms with Crippen molar-refractivity contribution < 1.29 is 36.2 Å². The van der Waals surface area contributed by atoms with Gasteiger partial charge in [-0.1, -0.05) is 24.3 Å². The van der Waals surface area contributed by atoms with Crippen LogP contribution in [0.5, 0.6) is 5.75 Å². The number of nitrogens with zero attached hydrogens (tertiary/aromatic N) is 1. The van der Waals surface area contributed by atoms with Gasteiger partial charge in [0.05, 0.1) is 6.54 Å². The molecule has 0 aliphatic carbocycles. The molecule has 31 heavy (non-hydrogen) atoms. The molecular formula is C22H27F6NO2. The summed E-state index contributed by atoms with van der Waals surface area (Å²) in [6, 6.07) is 6.18. The third-order valence-corrected chi connectivity index (χ3v) is 4.11. The van der Waals surface area contributed by atoms with Gasteiger partial charge in [0.15, 0.2) is 6.10 Å². The highest BCUT2D eigenvalue weighted by atomic mass is 19.4. The molecule has 0 fully saturated rings. The predicted molar refractivity (Wildman–Crippen MR) is 109 cm³/mol. The number of anilines is 1. The second-order valence-corrected chi connectivity index (χ2v) is 6.77. The number of benzene rings is 1. The van der Waals surface area contributed by atoms with Gasteiger partial charge in [0.1, 0.15) is 11.5 Å². The zero-order valence-electron chi connectivity index (χ0n) is 17.4. The summed E-state index contributed by atoms with van der Waals surface area (Å²) in [6.45, 7) is 2.75. The molecule has 1 aromatic carbocycles. The maximum atomic E-state index is 12.9. The zero-order valence-corrected chi connectivity index (χ0v) is 17.4. The first-order valence-corrected chi connectivity index (χ1v) is 9.76. The lowest BCUT2D eigenvalue weighted by atomic mass is 10.2. The molecule has 0 bridgehead atoms. The van der Waals surface area contributed by atoms with Crippen LogP contribution in [0.3, 0.4) is 0 Å². The van der Waals surface area contributed by atoms with Crippen molar-refractivity contribution in [3.8, 4) is 5.75 Å². The van der Waals surface area contributed by atoms with E-state index < -0.39 is 31.4 Å². The standard InChI is InChI=1S/C22H27F6NO2/c1-3-5-11-18(9-4-2)31-19-12-8-10-17(15-19)29(16-20(30)22(26,27)28)14-7-6-13-21(23,24)25/h3-5,8-12,15,20,30H,6-7,13-14,16H2,1-2H3/b5-3-,9-4-,18-11+. The van der Waals surface area contributed by atoms with Crippen LogP contribution in [0.4, 0.5) is 32.0 Å². The number of unbranched alkanes of at least 4 members (excludes halogenated alkanes) is 1. The topological polar surface area (TPSA) is 32.7 Å². The Bertz CT molecular complexity index is 753. The normalized spacial score (nSPS) is 14.4. The summed E-state index contributed by atoms with van der Waals surface area (Å²) in [7, 11) is 0. The minimum absolute atomic E-state index is 0.0141. The van der Waals surface area contributed by atoms with Gasteiger partial charge in [0, 0.05) is 24.7 Å². The summed E-state index contributed by atoms with van der Waals surface area (Å²) in [6.07, 6.45) is -4.32.